The molecule has 3 aromatic rings. The van der Waals surface area contributed by atoms with E-state index in [9.17, 15) is 4.79 Å². The van der Waals surface area contributed by atoms with Crippen molar-refractivity contribution in [3.8, 4) is 0 Å². The number of aromatic amines is 1. The summed E-state index contributed by atoms with van der Waals surface area (Å²) < 4.78 is 8.41. The Kier molecular flexibility index (Phi) is 4.98. The second kappa shape index (κ2) is 8.17. The van der Waals surface area contributed by atoms with Crippen molar-refractivity contribution in [2.75, 3.05) is 14.2 Å². The van der Waals surface area contributed by atoms with E-state index in [4.69, 9.17) is 4.74 Å². The van der Waals surface area contributed by atoms with Crippen LogP contribution in [0.3, 0.4) is 0 Å². The van der Waals surface area contributed by atoms with Gasteiger partial charge in [-0.2, -0.15) is 0 Å². The highest BCUT2D eigenvalue weighted by molar-refractivity contribution is 6.41. The Morgan fingerprint density at radius 2 is 1.81 bits per heavy atom. The molecule has 2 atom stereocenters. The second-order valence-electron chi connectivity index (χ2n) is 11.1. The fourth-order valence-corrected chi connectivity index (χ4v) is 7.78. The van der Waals surface area contributed by atoms with E-state index in [1.807, 2.05) is 19.1 Å². The van der Waals surface area contributed by atoms with Crippen molar-refractivity contribution in [3.63, 3.8) is 0 Å². The first-order valence-electron chi connectivity index (χ1n) is 13.6. The van der Waals surface area contributed by atoms with Crippen LogP contribution in [0.1, 0.15) is 60.5 Å². The number of carbonyl (C=O) groups excluding carboxylic acids is 1. The van der Waals surface area contributed by atoms with Crippen LogP contribution in [0.15, 0.2) is 72.0 Å². The molecule has 0 radical (unpaired) electrons. The van der Waals surface area contributed by atoms with E-state index >= 15 is 0 Å². The first kappa shape index (κ1) is 22.5. The van der Waals surface area contributed by atoms with Crippen LogP contribution >= 0.6 is 0 Å². The zero-order valence-electron chi connectivity index (χ0n) is 21.8. The van der Waals surface area contributed by atoms with E-state index in [-0.39, 0.29) is 11.2 Å². The standard InChI is InChI=1S/C33H32N2O2/c1-20-28(23-13-7-8-14-26(23)34-20)29-31(36)24(32(29)37-3)19-27-33(17-9-4-10-18-33)25-16-15-21-11-5-6-12-22(21)30(25)35(27)2/h5-8,11-16,19,25,30H,4,9-10,17-18H2,1-3H3/p+1. The van der Waals surface area contributed by atoms with Gasteiger partial charge in [-0.25, -0.2) is 4.58 Å². The number of hydrogen-bond donors (Lipinski definition) is 1. The molecule has 0 saturated heterocycles. The molecule has 2 unspecified atom stereocenters. The van der Waals surface area contributed by atoms with Gasteiger partial charge in [0.25, 0.3) is 0 Å². The number of fused-ring (bicyclic) bond motifs is 5. The van der Waals surface area contributed by atoms with Gasteiger partial charge in [-0.05, 0) is 31.4 Å². The van der Waals surface area contributed by atoms with Gasteiger partial charge in [0.1, 0.15) is 12.8 Å². The molecule has 1 saturated carbocycles. The van der Waals surface area contributed by atoms with Crippen molar-refractivity contribution in [3.05, 3.63) is 94.4 Å². The van der Waals surface area contributed by atoms with Crippen molar-refractivity contribution < 1.29 is 14.1 Å². The Labute approximate surface area is 218 Å². The summed E-state index contributed by atoms with van der Waals surface area (Å²) in [5.74, 6) is 1.22. The minimum Gasteiger partial charge on any atom is -0.495 e. The third-order valence-corrected chi connectivity index (χ3v) is 9.40. The van der Waals surface area contributed by atoms with E-state index in [2.05, 4.69) is 71.2 Å². The Balaban J connectivity index is 1.40. The Bertz CT molecular complexity index is 1590. The molecule has 186 valence electrons. The maximum atomic E-state index is 13.8. The van der Waals surface area contributed by atoms with Gasteiger partial charge in [0.2, 0.25) is 5.78 Å². The van der Waals surface area contributed by atoms with Crippen LogP contribution < -0.4 is 0 Å². The Morgan fingerprint density at radius 3 is 2.62 bits per heavy atom. The molecule has 2 aromatic carbocycles. The first-order valence-corrected chi connectivity index (χ1v) is 13.6. The summed E-state index contributed by atoms with van der Waals surface area (Å²) in [5, 5.41) is 1.07. The number of para-hydroxylation sites is 1. The molecule has 37 heavy (non-hydrogen) atoms. The molecule has 4 heteroatoms. The van der Waals surface area contributed by atoms with Crippen molar-refractivity contribution in [1.29, 1.82) is 0 Å². The van der Waals surface area contributed by atoms with Crippen molar-refractivity contribution >= 4 is 34.0 Å². The van der Waals surface area contributed by atoms with Crippen LogP contribution in [0.2, 0.25) is 0 Å². The smallest absolute Gasteiger partial charge is 0.201 e. The molecular weight excluding hydrogens is 456 g/mol. The normalized spacial score (nSPS) is 25.2. The molecule has 1 aromatic heterocycles. The molecule has 1 spiro atoms. The maximum Gasteiger partial charge on any atom is 0.201 e. The summed E-state index contributed by atoms with van der Waals surface area (Å²) in [6.07, 6.45) is 13.1. The summed E-state index contributed by atoms with van der Waals surface area (Å²) in [7, 11) is 3.92. The number of rotatable bonds is 3. The van der Waals surface area contributed by atoms with Crippen LogP contribution in [-0.2, 0) is 9.53 Å². The molecule has 0 bridgehead atoms. The summed E-state index contributed by atoms with van der Waals surface area (Å²) in [6, 6.07) is 17.3. The maximum absolute atomic E-state index is 13.8. The largest absolute Gasteiger partial charge is 0.495 e. The van der Waals surface area contributed by atoms with Gasteiger partial charge in [-0.1, -0.05) is 73.9 Å². The van der Waals surface area contributed by atoms with Gasteiger partial charge < -0.3 is 9.72 Å². The summed E-state index contributed by atoms with van der Waals surface area (Å²) in [6.45, 7) is 2.04. The fourth-order valence-electron chi connectivity index (χ4n) is 7.78. The SMILES string of the molecule is COC1=C(c2c(C)[nH]c3ccccc23)C(=O)/C1=C\C1=[N+](C)C2c3ccccc3C=CC2C12CCCCC2. The molecule has 4 aliphatic rings. The van der Waals surface area contributed by atoms with Crippen LogP contribution in [-0.4, -0.2) is 35.2 Å². The molecule has 4 nitrogen and oxygen atoms in total. The Morgan fingerprint density at radius 1 is 1.05 bits per heavy atom. The number of nitrogens with one attached hydrogen (secondary N) is 1. The number of Topliss-reactive ketones (excluding diaryl/α,β-unsaturated/α-hetero) is 1. The lowest BCUT2D eigenvalue weighted by molar-refractivity contribution is -0.540. The van der Waals surface area contributed by atoms with E-state index in [0.717, 1.165) is 27.9 Å². The Hall–Kier alpha value is -3.66. The topological polar surface area (TPSA) is 45.1 Å². The number of ketones is 1. The molecule has 7 rings (SSSR count). The number of benzene rings is 2. The van der Waals surface area contributed by atoms with Crippen LogP contribution in [0.5, 0.6) is 0 Å². The van der Waals surface area contributed by atoms with Crippen molar-refractivity contribution in [2.45, 2.75) is 45.1 Å². The summed E-state index contributed by atoms with van der Waals surface area (Å²) >= 11 is 0. The van der Waals surface area contributed by atoms with Crippen molar-refractivity contribution in [1.82, 2.24) is 4.98 Å². The average Bonchev–Trinajstić information content (AvgIpc) is 3.36. The number of H-pyrrole nitrogens is 1. The predicted molar refractivity (Wildman–Crippen MR) is 148 cm³/mol. The van der Waals surface area contributed by atoms with E-state index < -0.39 is 0 Å². The van der Waals surface area contributed by atoms with E-state index in [1.54, 1.807) is 7.11 Å². The quantitative estimate of drug-likeness (QED) is 0.326. The summed E-state index contributed by atoms with van der Waals surface area (Å²) in [4.78, 5) is 17.3. The number of allylic oxidation sites excluding steroid dienone is 3. The number of aryl methyl sites for hydroxylation is 1. The second-order valence-corrected chi connectivity index (χ2v) is 11.1. The minimum atomic E-state index is 0.0558. The number of carbonyl (C=O) groups is 1. The lowest BCUT2D eigenvalue weighted by Crippen LogP contribution is -2.38. The van der Waals surface area contributed by atoms with Crippen LogP contribution in [0, 0.1) is 18.3 Å². The number of nitrogens with zero attached hydrogens (tertiary/aromatic N) is 1. The van der Waals surface area contributed by atoms with Gasteiger partial charge in [-0.3, -0.25) is 4.79 Å². The highest BCUT2D eigenvalue weighted by Gasteiger charge is 2.59. The van der Waals surface area contributed by atoms with Gasteiger partial charge >= 0.3 is 0 Å². The molecule has 1 aliphatic heterocycles. The van der Waals surface area contributed by atoms with Gasteiger partial charge in [-0.15, -0.1) is 0 Å². The zero-order valence-corrected chi connectivity index (χ0v) is 21.8. The third-order valence-electron chi connectivity index (χ3n) is 9.40. The van der Waals surface area contributed by atoms with Crippen LogP contribution in [0.4, 0.5) is 0 Å². The molecule has 2 heterocycles. The zero-order chi connectivity index (χ0) is 25.3. The van der Waals surface area contributed by atoms with Crippen molar-refractivity contribution in [2.24, 2.45) is 11.3 Å². The van der Waals surface area contributed by atoms with Gasteiger partial charge in [0.05, 0.1) is 29.6 Å². The van der Waals surface area contributed by atoms with Gasteiger partial charge in [0, 0.05) is 33.8 Å². The highest BCUT2D eigenvalue weighted by atomic mass is 16.5. The van der Waals surface area contributed by atoms with E-state index in [0.29, 0.717) is 23.1 Å². The highest BCUT2D eigenvalue weighted by Crippen LogP contribution is 2.57. The predicted octanol–water partition coefficient (Wildman–Crippen LogP) is 6.77. The molecule has 1 N–H and O–H groups in total. The fraction of sp³-hybridized carbons (Fsp3) is 0.333. The molecule has 3 aliphatic carbocycles. The number of methoxy groups -OCH3 is 1. The summed E-state index contributed by atoms with van der Waals surface area (Å²) in [5.41, 5.74) is 8.49. The lowest BCUT2D eigenvalue weighted by atomic mass is 9.61. The van der Waals surface area contributed by atoms with Crippen LogP contribution in [0.25, 0.3) is 22.6 Å². The number of aromatic nitrogens is 1. The molecule has 0 amide bonds. The van der Waals surface area contributed by atoms with E-state index in [1.165, 1.54) is 48.9 Å². The first-order chi connectivity index (χ1) is 18.0. The molecular formula is C33H33N2O2+. The lowest BCUT2D eigenvalue weighted by Gasteiger charge is -2.37. The molecule has 1 fully saturated rings. The number of hydrogen-bond acceptors (Lipinski definition) is 2. The third kappa shape index (κ3) is 3.02. The minimum absolute atomic E-state index is 0.0558. The average molecular weight is 490 g/mol. The number of ether oxygens (including phenoxy) is 1. The monoisotopic (exact) mass is 489 g/mol. The van der Waals surface area contributed by atoms with Gasteiger partial charge in [0.15, 0.2) is 11.8 Å².